The van der Waals surface area contributed by atoms with Crippen LogP contribution in [-0.4, -0.2) is 18.2 Å². The van der Waals surface area contributed by atoms with Crippen LogP contribution in [0.15, 0.2) is 6.20 Å². The Morgan fingerprint density at radius 3 is 2.94 bits per heavy atom. The molecule has 1 aliphatic rings. The first-order valence-corrected chi connectivity index (χ1v) is 6.57. The number of hydrogen-bond donors (Lipinski definition) is 2. The molecule has 2 heterocycles. The number of ether oxygens (including phenoxy) is 1. The monoisotopic (exact) mass is 241 g/mol. The van der Waals surface area contributed by atoms with Gasteiger partial charge in [-0.25, -0.2) is 4.98 Å². The lowest BCUT2D eigenvalue weighted by Gasteiger charge is -2.25. The smallest absolute Gasteiger partial charge is 0.0897 e. The van der Waals surface area contributed by atoms with E-state index in [4.69, 9.17) is 10.6 Å². The third kappa shape index (κ3) is 3.01. The molecule has 0 aliphatic carbocycles. The van der Waals surface area contributed by atoms with E-state index >= 15 is 0 Å². The maximum absolute atomic E-state index is 5.63. The molecule has 0 radical (unpaired) electrons. The molecular formula is C11H19N3OS. The highest BCUT2D eigenvalue weighted by Gasteiger charge is 2.20. The number of aromatic nitrogens is 1. The molecule has 3 N–H and O–H groups in total. The summed E-state index contributed by atoms with van der Waals surface area (Å²) in [6.45, 7) is 3.81. The van der Waals surface area contributed by atoms with Crippen LogP contribution in [0.3, 0.4) is 0 Å². The van der Waals surface area contributed by atoms with Crippen molar-refractivity contribution in [3.63, 3.8) is 0 Å². The van der Waals surface area contributed by atoms with Crippen LogP contribution in [0.1, 0.15) is 35.2 Å². The predicted octanol–water partition coefficient (Wildman–Crippen LogP) is 1.77. The van der Waals surface area contributed by atoms with Crippen molar-refractivity contribution in [3.8, 4) is 0 Å². The van der Waals surface area contributed by atoms with Gasteiger partial charge in [-0.3, -0.25) is 11.3 Å². The minimum atomic E-state index is 0.245. The first-order chi connectivity index (χ1) is 7.79. The molecule has 1 atom stereocenters. The molecule has 1 aromatic heterocycles. The van der Waals surface area contributed by atoms with Crippen LogP contribution in [0.25, 0.3) is 0 Å². The molecule has 0 spiro atoms. The van der Waals surface area contributed by atoms with Gasteiger partial charge < -0.3 is 4.74 Å². The molecule has 16 heavy (non-hydrogen) atoms. The maximum atomic E-state index is 5.63. The fourth-order valence-corrected chi connectivity index (χ4v) is 2.98. The van der Waals surface area contributed by atoms with Crippen molar-refractivity contribution >= 4 is 11.3 Å². The van der Waals surface area contributed by atoms with E-state index in [0.717, 1.165) is 43.4 Å². The molecular weight excluding hydrogens is 222 g/mol. The first-order valence-electron chi connectivity index (χ1n) is 5.76. The van der Waals surface area contributed by atoms with Gasteiger partial charge in [0.2, 0.25) is 0 Å². The Labute approximate surface area is 100 Å². The molecule has 1 unspecified atom stereocenters. The van der Waals surface area contributed by atoms with E-state index in [1.54, 1.807) is 11.3 Å². The highest BCUT2D eigenvalue weighted by Crippen LogP contribution is 2.29. The van der Waals surface area contributed by atoms with E-state index < -0.39 is 0 Å². The molecule has 90 valence electrons. The van der Waals surface area contributed by atoms with Crippen LogP contribution in [0.2, 0.25) is 0 Å². The van der Waals surface area contributed by atoms with Gasteiger partial charge in [0.05, 0.1) is 11.0 Å². The van der Waals surface area contributed by atoms with Crippen LogP contribution >= 0.6 is 11.3 Å². The summed E-state index contributed by atoms with van der Waals surface area (Å²) in [7, 11) is 0. The second kappa shape index (κ2) is 5.72. The molecule has 1 saturated heterocycles. The van der Waals surface area contributed by atoms with Crippen LogP contribution in [0.4, 0.5) is 0 Å². The van der Waals surface area contributed by atoms with E-state index in [0.29, 0.717) is 0 Å². The van der Waals surface area contributed by atoms with E-state index in [2.05, 4.69) is 10.4 Å². The lowest BCUT2D eigenvalue weighted by atomic mass is 9.92. The molecule has 0 saturated carbocycles. The van der Waals surface area contributed by atoms with Gasteiger partial charge in [-0.15, -0.1) is 11.3 Å². The fraction of sp³-hybridized carbons (Fsp3) is 0.727. The van der Waals surface area contributed by atoms with Gasteiger partial charge in [0.25, 0.3) is 0 Å². The van der Waals surface area contributed by atoms with Crippen molar-refractivity contribution in [1.82, 2.24) is 10.4 Å². The molecule has 0 bridgehead atoms. The Morgan fingerprint density at radius 2 is 2.38 bits per heavy atom. The average molecular weight is 241 g/mol. The zero-order chi connectivity index (χ0) is 11.4. The van der Waals surface area contributed by atoms with E-state index in [1.807, 2.05) is 13.1 Å². The van der Waals surface area contributed by atoms with Crippen molar-refractivity contribution in [1.29, 1.82) is 0 Å². The molecule has 1 aromatic rings. The van der Waals surface area contributed by atoms with E-state index in [9.17, 15) is 0 Å². The summed E-state index contributed by atoms with van der Waals surface area (Å²) in [4.78, 5) is 5.52. The third-order valence-electron chi connectivity index (χ3n) is 3.09. The van der Waals surface area contributed by atoms with Crippen LogP contribution < -0.4 is 11.3 Å². The van der Waals surface area contributed by atoms with Gasteiger partial charge in [0, 0.05) is 24.3 Å². The number of hydrazine groups is 1. The van der Waals surface area contributed by atoms with Gasteiger partial charge in [-0.05, 0) is 32.1 Å². The fourth-order valence-electron chi connectivity index (χ4n) is 2.12. The standard InChI is InChI=1S/C11H19N3OS/c1-8-13-7-11(16-8)10(14-12)6-9-2-4-15-5-3-9/h7,9-10,14H,2-6,12H2,1H3. The number of rotatable bonds is 4. The minimum Gasteiger partial charge on any atom is -0.381 e. The minimum absolute atomic E-state index is 0.245. The first kappa shape index (κ1) is 12.0. The van der Waals surface area contributed by atoms with Crippen molar-refractivity contribution in [2.45, 2.75) is 32.2 Å². The van der Waals surface area contributed by atoms with Gasteiger partial charge in [0.15, 0.2) is 0 Å². The summed E-state index contributed by atoms with van der Waals surface area (Å²) in [6, 6.07) is 0.245. The number of aryl methyl sites for hydroxylation is 1. The number of thiazole rings is 1. The molecule has 0 amide bonds. The molecule has 0 aromatic carbocycles. The number of hydrogen-bond acceptors (Lipinski definition) is 5. The second-order valence-corrected chi connectivity index (χ2v) is 5.56. The number of nitrogens with two attached hydrogens (primary N) is 1. The summed E-state index contributed by atoms with van der Waals surface area (Å²) in [5.41, 5.74) is 2.91. The van der Waals surface area contributed by atoms with Gasteiger partial charge >= 0.3 is 0 Å². The average Bonchev–Trinajstić information content (AvgIpc) is 2.74. The Morgan fingerprint density at radius 1 is 1.62 bits per heavy atom. The van der Waals surface area contributed by atoms with Crippen LogP contribution in [-0.2, 0) is 4.74 Å². The third-order valence-corrected chi connectivity index (χ3v) is 4.12. The molecule has 1 aliphatic heterocycles. The molecule has 1 fully saturated rings. The van der Waals surface area contributed by atoms with Crippen LogP contribution in [0, 0.1) is 12.8 Å². The van der Waals surface area contributed by atoms with Gasteiger partial charge in [-0.1, -0.05) is 0 Å². The van der Waals surface area contributed by atoms with Crippen molar-refractivity contribution in [3.05, 3.63) is 16.1 Å². The SMILES string of the molecule is Cc1ncc(C(CC2CCOCC2)NN)s1. The Bertz CT molecular complexity index is 323. The second-order valence-electron chi connectivity index (χ2n) is 4.29. The Kier molecular flexibility index (Phi) is 4.29. The lowest BCUT2D eigenvalue weighted by Crippen LogP contribution is -2.30. The molecule has 2 rings (SSSR count). The summed E-state index contributed by atoms with van der Waals surface area (Å²) >= 11 is 1.72. The highest BCUT2D eigenvalue weighted by atomic mass is 32.1. The topological polar surface area (TPSA) is 60.2 Å². The van der Waals surface area contributed by atoms with E-state index in [1.165, 1.54) is 4.88 Å². The summed E-state index contributed by atoms with van der Waals surface area (Å²) in [5, 5.41) is 1.10. The maximum Gasteiger partial charge on any atom is 0.0897 e. The summed E-state index contributed by atoms with van der Waals surface area (Å²) < 4.78 is 5.36. The normalized spacial score (nSPS) is 19.9. The summed E-state index contributed by atoms with van der Waals surface area (Å²) in [6.07, 6.45) is 5.32. The molecule has 4 nitrogen and oxygen atoms in total. The largest absolute Gasteiger partial charge is 0.381 e. The highest BCUT2D eigenvalue weighted by molar-refractivity contribution is 7.11. The molecule has 5 heteroatoms. The Hall–Kier alpha value is -0.490. The zero-order valence-corrected chi connectivity index (χ0v) is 10.4. The zero-order valence-electron chi connectivity index (χ0n) is 9.61. The van der Waals surface area contributed by atoms with Gasteiger partial charge in [0.1, 0.15) is 0 Å². The predicted molar refractivity (Wildman–Crippen MR) is 65.1 cm³/mol. The van der Waals surface area contributed by atoms with Crippen LogP contribution in [0.5, 0.6) is 0 Å². The van der Waals surface area contributed by atoms with Crippen molar-refractivity contribution < 1.29 is 4.74 Å². The quantitative estimate of drug-likeness (QED) is 0.623. The number of nitrogens with zero attached hydrogens (tertiary/aromatic N) is 1. The Balaban J connectivity index is 1.94. The summed E-state index contributed by atoms with van der Waals surface area (Å²) in [5.74, 6) is 6.35. The van der Waals surface area contributed by atoms with Crippen molar-refractivity contribution in [2.75, 3.05) is 13.2 Å². The van der Waals surface area contributed by atoms with Crippen molar-refractivity contribution in [2.24, 2.45) is 11.8 Å². The van der Waals surface area contributed by atoms with Gasteiger partial charge in [-0.2, -0.15) is 0 Å². The van der Waals surface area contributed by atoms with E-state index in [-0.39, 0.29) is 6.04 Å². The number of nitrogens with one attached hydrogen (secondary N) is 1. The lowest BCUT2D eigenvalue weighted by molar-refractivity contribution is 0.0606.